The van der Waals surface area contributed by atoms with E-state index in [9.17, 15) is 14.7 Å². The zero-order valence-corrected chi connectivity index (χ0v) is 10.5. The molecule has 1 aliphatic heterocycles. The highest BCUT2D eigenvalue weighted by Gasteiger charge is 2.40. The number of anilines is 1. The standard InChI is InChI=1S/C10H13N3O4S/c1-4-7(18-10(11)12-4)8(15)13-3-5(14)2-6(13)9(16)17/h5-6,14H,2-3H2,1H3,(H2,11,12)(H,16,17)/t5-,6+/m1/s1. The van der Waals surface area contributed by atoms with E-state index in [0.717, 1.165) is 16.2 Å². The maximum atomic E-state index is 12.2. The van der Waals surface area contributed by atoms with Gasteiger partial charge in [-0.1, -0.05) is 11.3 Å². The first-order valence-electron chi connectivity index (χ1n) is 5.35. The lowest BCUT2D eigenvalue weighted by atomic mass is 10.2. The molecule has 1 aliphatic rings. The lowest BCUT2D eigenvalue weighted by molar-refractivity contribution is -0.141. The number of thiazole rings is 1. The fourth-order valence-corrected chi connectivity index (χ4v) is 2.81. The minimum atomic E-state index is -1.12. The molecule has 2 heterocycles. The van der Waals surface area contributed by atoms with Crippen molar-refractivity contribution in [2.24, 2.45) is 0 Å². The first-order valence-corrected chi connectivity index (χ1v) is 6.16. The van der Waals surface area contributed by atoms with E-state index < -0.39 is 24.0 Å². The van der Waals surface area contributed by atoms with E-state index >= 15 is 0 Å². The molecule has 0 bridgehead atoms. The third-order valence-corrected chi connectivity index (χ3v) is 3.81. The number of aliphatic hydroxyl groups excluding tert-OH is 1. The Kier molecular flexibility index (Phi) is 3.22. The van der Waals surface area contributed by atoms with Gasteiger partial charge in [-0.25, -0.2) is 9.78 Å². The number of aromatic nitrogens is 1. The van der Waals surface area contributed by atoms with Crippen LogP contribution in [0.1, 0.15) is 21.8 Å². The largest absolute Gasteiger partial charge is 0.480 e. The number of nitrogen functional groups attached to an aromatic ring is 1. The normalized spacial score (nSPS) is 23.3. The highest BCUT2D eigenvalue weighted by Crippen LogP contribution is 2.26. The number of aryl methyl sites for hydroxylation is 1. The van der Waals surface area contributed by atoms with E-state index in [2.05, 4.69) is 4.98 Å². The highest BCUT2D eigenvalue weighted by atomic mass is 32.1. The molecule has 98 valence electrons. The van der Waals surface area contributed by atoms with E-state index in [-0.39, 0.29) is 18.1 Å². The molecule has 4 N–H and O–H groups in total. The molecule has 0 aromatic carbocycles. The Balaban J connectivity index is 2.28. The van der Waals surface area contributed by atoms with Crippen LogP contribution < -0.4 is 5.73 Å². The van der Waals surface area contributed by atoms with Crippen molar-refractivity contribution < 1.29 is 19.8 Å². The fraction of sp³-hybridized carbons (Fsp3) is 0.500. The summed E-state index contributed by atoms with van der Waals surface area (Å²) in [6.07, 6.45) is -0.755. The second-order valence-corrected chi connectivity index (χ2v) is 5.20. The Morgan fingerprint density at radius 1 is 1.56 bits per heavy atom. The fourth-order valence-electron chi connectivity index (χ4n) is 2.02. The molecule has 1 amide bonds. The van der Waals surface area contributed by atoms with Crippen molar-refractivity contribution >= 4 is 28.3 Å². The second kappa shape index (κ2) is 4.54. The van der Waals surface area contributed by atoms with Crippen LogP contribution in [0, 0.1) is 6.92 Å². The summed E-state index contributed by atoms with van der Waals surface area (Å²) >= 11 is 1.03. The Hall–Kier alpha value is -1.67. The number of carboxylic acids is 1. The van der Waals surface area contributed by atoms with E-state index in [1.54, 1.807) is 6.92 Å². The Morgan fingerprint density at radius 2 is 2.22 bits per heavy atom. The van der Waals surface area contributed by atoms with Crippen molar-refractivity contribution in [3.05, 3.63) is 10.6 Å². The lowest BCUT2D eigenvalue weighted by Crippen LogP contribution is -2.40. The molecule has 0 spiro atoms. The topological polar surface area (TPSA) is 117 Å². The van der Waals surface area contributed by atoms with Crippen molar-refractivity contribution in [2.45, 2.75) is 25.5 Å². The lowest BCUT2D eigenvalue weighted by Gasteiger charge is -2.20. The predicted molar refractivity (Wildman–Crippen MR) is 64.3 cm³/mol. The van der Waals surface area contributed by atoms with Gasteiger partial charge in [0.15, 0.2) is 5.13 Å². The monoisotopic (exact) mass is 271 g/mol. The van der Waals surface area contributed by atoms with Crippen LogP contribution in [0.2, 0.25) is 0 Å². The summed E-state index contributed by atoms with van der Waals surface area (Å²) in [6.45, 7) is 1.66. The summed E-state index contributed by atoms with van der Waals surface area (Å²) in [5, 5.41) is 18.8. The number of carbonyl (C=O) groups is 2. The quantitative estimate of drug-likeness (QED) is 0.679. The maximum Gasteiger partial charge on any atom is 0.326 e. The predicted octanol–water partition coefficient (Wildman–Crippen LogP) is -0.306. The van der Waals surface area contributed by atoms with Gasteiger partial charge in [0.25, 0.3) is 5.91 Å². The van der Waals surface area contributed by atoms with Crippen molar-refractivity contribution in [2.75, 3.05) is 12.3 Å². The molecule has 0 unspecified atom stereocenters. The van der Waals surface area contributed by atoms with Gasteiger partial charge in [0, 0.05) is 13.0 Å². The number of nitrogens with zero attached hydrogens (tertiary/aromatic N) is 2. The van der Waals surface area contributed by atoms with Gasteiger partial charge in [-0.2, -0.15) is 0 Å². The smallest absolute Gasteiger partial charge is 0.326 e. The number of likely N-dealkylation sites (tertiary alicyclic amines) is 1. The summed E-state index contributed by atoms with van der Waals surface area (Å²) in [4.78, 5) is 28.7. The maximum absolute atomic E-state index is 12.2. The van der Waals surface area contributed by atoms with Gasteiger partial charge in [0.2, 0.25) is 0 Å². The molecule has 0 aliphatic carbocycles. The van der Waals surface area contributed by atoms with Crippen molar-refractivity contribution in [1.29, 1.82) is 0 Å². The Bertz CT molecular complexity index is 501. The van der Waals surface area contributed by atoms with Gasteiger partial charge >= 0.3 is 5.97 Å². The van der Waals surface area contributed by atoms with Crippen LogP contribution in [-0.2, 0) is 4.79 Å². The average Bonchev–Trinajstić information content (AvgIpc) is 2.81. The summed E-state index contributed by atoms with van der Waals surface area (Å²) < 4.78 is 0. The van der Waals surface area contributed by atoms with Gasteiger partial charge in [-0.15, -0.1) is 0 Å². The van der Waals surface area contributed by atoms with E-state index in [4.69, 9.17) is 10.8 Å². The number of amides is 1. The summed E-state index contributed by atoms with van der Waals surface area (Å²) in [5.74, 6) is -1.55. The van der Waals surface area contributed by atoms with Gasteiger partial charge < -0.3 is 20.8 Å². The van der Waals surface area contributed by atoms with Gasteiger partial charge in [-0.05, 0) is 6.92 Å². The van der Waals surface area contributed by atoms with Gasteiger partial charge in [0.1, 0.15) is 10.9 Å². The third kappa shape index (κ3) is 2.16. The summed E-state index contributed by atoms with van der Waals surface area (Å²) in [7, 11) is 0. The number of aliphatic carboxylic acids is 1. The van der Waals surface area contributed by atoms with Crippen LogP contribution in [0.4, 0.5) is 5.13 Å². The molecule has 1 saturated heterocycles. The van der Waals surface area contributed by atoms with E-state index in [0.29, 0.717) is 10.6 Å². The molecule has 8 heteroatoms. The van der Waals surface area contributed by atoms with Crippen molar-refractivity contribution in [3.63, 3.8) is 0 Å². The van der Waals surface area contributed by atoms with Gasteiger partial charge in [-0.3, -0.25) is 4.79 Å². The van der Waals surface area contributed by atoms with Crippen LogP contribution in [0.5, 0.6) is 0 Å². The number of hydrogen-bond donors (Lipinski definition) is 3. The molecule has 1 fully saturated rings. The summed E-state index contributed by atoms with van der Waals surface area (Å²) in [5.41, 5.74) is 5.99. The van der Waals surface area contributed by atoms with E-state index in [1.165, 1.54) is 0 Å². The number of nitrogens with two attached hydrogens (primary N) is 1. The number of hydrogen-bond acceptors (Lipinski definition) is 6. The zero-order chi connectivity index (χ0) is 13.4. The molecule has 0 radical (unpaired) electrons. The molecular weight excluding hydrogens is 258 g/mol. The minimum absolute atomic E-state index is 0.0209. The first-order chi connectivity index (χ1) is 8.40. The molecule has 1 aromatic heterocycles. The highest BCUT2D eigenvalue weighted by molar-refractivity contribution is 7.17. The number of carboxylic acid groups (broad SMARTS) is 1. The van der Waals surface area contributed by atoms with Crippen molar-refractivity contribution in [1.82, 2.24) is 9.88 Å². The second-order valence-electron chi connectivity index (χ2n) is 4.17. The van der Waals surface area contributed by atoms with Crippen molar-refractivity contribution in [3.8, 4) is 0 Å². The number of aliphatic hydroxyl groups is 1. The Labute approximate surface area is 107 Å². The van der Waals surface area contributed by atoms with E-state index in [1.807, 2.05) is 0 Å². The first kappa shape index (κ1) is 12.8. The van der Waals surface area contributed by atoms with Crippen LogP contribution in [0.15, 0.2) is 0 Å². The zero-order valence-electron chi connectivity index (χ0n) is 9.66. The average molecular weight is 271 g/mol. The Morgan fingerprint density at radius 3 is 2.72 bits per heavy atom. The molecule has 2 atom stereocenters. The van der Waals surface area contributed by atoms with Crippen LogP contribution in [0.3, 0.4) is 0 Å². The number of rotatable bonds is 2. The summed E-state index contributed by atoms with van der Waals surface area (Å²) in [6, 6.07) is -0.991. The minimum Gasteiger partial charge on any atom is -0.480 e. The number of carbonyl (C=O) groups excluding carboxylic acids is 1. The third-order valence-electron chi connectivity index (χ3n) is 2.83. The molecule has 1 aromatic rings. The molecule has 0 saturated carbocycles. The van der Waals surface area contributed by atoms with Gasteiger partial charge in [0.05, 0.1) is 11.8 Å². The van der Waals surface area contributed by atoms with Crippen LogP contribution in [0.25, 0.3) is 0 Å². The molecule has 18 heavy (non-hydrogen) atoms. The SMILES string of the molecule is Cc1nc(N)sc1C(=O)N1C[C@H](O)C[C@H]1C(=O)O. The van der Waals surface area contributed by atoms with Crippen LogP contribution in [-0.4, -0.2) is 50.7 Å². The molecular formula is C10H13N3O4S. The molecule has 7 nitrogen and oxygen atoms in total. The molecule has 2 rings (SSSR count). The number of β-amino-alcohol motifs (C(OH)–C–C–N with tert-alkyl or cyclic N) is 1. The van der Waals surface area contributed by atoms with Crippen LogP contribution >= 0.6 is 11.3 Å².